The van der Waals surface area contributed by atoms with Gasteiger partial charge in [0.15, 0.2) is 0 Å². The summed E-state index contributed by atoms with van der Waals surface area (Å²) in [5.74, 6) is -1.03. The molecule has 1 atom stereocenters. The van der Waals surface area contributed by atoms with Gasteiger partial charge in [0.05, 0.1) is 11.6 Å². The van der Waals surface area contributed by atoms with Crippen LogP contribution in [0.15, 0.2) is 12.3 Å². The zero-order valence-corrected chi connectivity index (χ0v) is 7.90. The standard InChI is InChI=1S/C9H14N2O2/c1-7(9(12)13)3-4-8-5-6-11(2)10-8/h5-7H,3-4H2,1-2H3,(H,12,13). The van der Waals surface area contributed by atoms with Gasteiger partial charge in [0, 0.05) is 13.2 Å². The molecular formula is C9H14N2O2. The highest BCUT2D eigenvalue weighted by molar-refractivity contribution is 5.69. The Morgan fingerprint density at radius 3 is 2.92 bits per heavy atom. The predicted molar refractivity (Wildman–Crippen MR) is 48.3 cm³/mol. The highest BCUT2D eigenvalue weighted by Crippen LogP contribution is 2.07. The van der Waals surface area contributed by atoms with E-state index in [0.29, 0.717) is 6.42 Å². The van der Waals surface area contributed by atoms with Crippen molar-refractivity contribution in [1.82, 2.24) is 9.78 Å². The second-order valence-electron chi connectivity index (χ2n) is 3.26. The summed E-state index contributed by atoms with van der Waals surface area (Å²) in [6.45, 7) is 1.71. The largest absolute Gasteiger partial charge is 0.481 e. The van der Waals surface area contributed by atoms with Crippen molar-refractivity contribution < 1.29 is 9.90 Å². The minimum atomic E-state index is -0.740. The van der Waals surface area contributed by atoms with Crippen LogP contribution in [0.3, 0.4) is 0 Å². The van der Waals surface area contributed by atoms with Crippen LogP contribution >= 0.6 is 0 Å². The van der Waals surface area contributed by atoms with Crippen LogP contribution in [-0.4, -0.2) is 20.9 Å². The Bertz CT molecular complexity index is 294. The second kappa shape index (κ2) is 4.07. The molecule has 1 heterocycles. The van der Waals surface area contributed by atoms with Gasteiger partial charge < -0.3 is 5.11 Å². The number of carboxylic acid groups (broad SMARTS) is 1. The van der Waals surface area contributed by atoms with E-state index in [1.807, 2.05) is 19.3 Å². The summed E-state index contributed by atoms with van der Waals surface area (Å²) >= 11 is 0. The average Bonchev–Trinajstić information content (AvgIpc) is 2.47. The van der Waals surface area contributed by atoms with Gasteiger partial charge in [0.1, 0.15) is 0 Å². The quantitative estimate of drug-likeness (QED) is 0.757. The fourth-order valence-electron chi connectivity index (χ4n) is 1.08. The fraction of sp³-hybridized carbons (Fsp3) is 0.556. The first kappa shape index (κ1) is 9.77. The topological polar surface area (TPSA) is 55.1 Å². The lowest BCUT2D eigenvalue weighted by Crippen LogP contribution is -2.10. The minimum absolute atomic E-state index is 0.290. The highest BCUT2D eigenvalue weighted by Gasteiger charge is 2.10. The van der Waals surface area contributed by atoms with Crippen LogP contribution in [0.5, 0.6) is 0 Å². The molecule has 0 radical (unpaired) electrons. The van der Waals surface area contributed by atoms with Gasteiger partial charge in [-0.15, -0.1) is 0 Å². The lowest BCUT2D eigenvalue weighted by Gasteiger charge is -2.02. The summed E-state index contributed by atoms with van der Waals surface area (Å²) in [5.41, 5.74) is 0.954. The Morgan fingerprint density at radius 2 is 2.46 bits per heavy atom. The maximum absolute atomic E-state index is 10.5. The molecule has 0 aromatic carbocycles. The zero-order chi connectivity index (χ0) is 9.84. The van der Waals surface area contributed by atoms with Crippen LogP contribution in [-0.2, 0) is 18.3 Å². The molecule has 0 saturated carbocycles. The average molecular weight is 182 g/mol. The summed E-state index contributed by atoms with van der Waals surface area (Å²) in [6, 6.07) is 1.91. The lowest BCUT2D eigenvalue weighted by molar-refractivity contribution is -0.141. The molecule has 72 valence electrons. The Labute approximate surface area is 77.2 Å². The molecule has 1 N–H and O–H groups in total. The van der Waals surface area contributed by atoms with Crippen molar-refractivity contribution in [2.24, 2.45) is 13.0 Å². The predicted octanol–water partition coefficient (Wildman–Crippen LogP) is 1.07. The van der Waals surface area contributed by atoms with Gasteiger partial charge in [-0.3, -0.25) is 9.48 Å². The van der Waals surface area contributed by atoms with Gasteiger partial charge >= 0.3 is 5.97 Å². The van der Waals surface area contributed by atoms with E-state index in [9.17, 15) is 4.79 Å². The molecule has 1 rings (SSSR count). The number of carbonyl (C=O) groups is 1. The molecule has 0 aliphatic rings. The van der Waals surface area contributed by atoms with Crippen LogP contribution in [0, 0.1) is 5.92 Å². The highest BCUT2D eigenvalue weighted by atomic mass is 16.4. The van der Waals surface area contributed by atoms with E-state index < -0.39 is 5.97 Å². The molecule has 0 amide bonds. The molecule has 13 heavy (non-hydrogen) atoms. The van der Waals surface area contributed by atoms with Crippen molar-refractivity contribution >= 4 is 5.97 Å². The van der Waals surface area contributed by atoms with Crippen LogP contribution in [0.25, 0.3) is 0 Å². The van der Waals surface area contributed by atoms with Gasteiger partial charge in [0.25, 0.3) is 0 Å². The molecular weight excluding hydrogens is 168 g/mol. The van der Waals surface area contributed by atoms with Crippen LogP contribution in [0.4, 0.5) is 0 Å². The summed E-state index contributed by atoms with van der Waals surface area (Å²) in [7, 11) is 1.85. The first-order valence-electron chi connectivity index (χ1n) is 4.31. The summed E-state index contributed by atoms with van der Waals surface area (Å²) < 4.78 is 1.72. The van der Waals surface area contributed by atoms with Crippen molar-refractivity contribution in [1.29, 1.82) is 0 Å². The number of aliphatic carboxylic acids is 1. The first-order chi connectivity index (χ1) is 6.09. The van der Waals surface area contributed by atoms with E-state index in [4.69, 9.17) is 5.11 Å². The molecule has 0 bridgehead atoms. The molecule has 1 unspecified atom stereocenters. The second-order valence-corrected chi connectivity index (χ2v) is 3.26. The van der Waals surface area contributed by atoms with Crippen LogP contribution in [0.1, 0.15) is 19.0 Å². The van der Waals surface area contributed by atoms with Crippen molar-refractivity contribution in [3.63, 3.8) is 0 Å². The van der Waals surface area contributed by atoms with E-state index in [-0.39, 0.29) is 5.92 Å². The van der Waals surface area contributed by atoms with Crippen molar-refractivity contribution in [3.05, 3.63) is 18.0 Å². The molecule has 1 aromatic rings. The third kappa shape index (κ3) is 2.89. The van der Waals surface area contributed by atoms with Crippen LogP contribution in [0.2, 0.25) is 0 Å². The normalized spacial score (nSPS) is 12.8. The number of rotatable bonds is 4. The number of nitrogens with zero attached hydrogens (tertiary/aromatic N) is 2. The Balaban J connectivity index is 2.39. The fourth-order valence-corrected chi connectivity index (χ4v) is 1.08. The smallest absolute Gasteiger partial charge is 0.306 e. The molecule has 0 aliphatic heterocycles. The third-order valence-corrected chi connectivity index (χ3v) is 2.02. The third-order valence-electron chi connectivity index (χ3n) is 2.02. The zero-order valence-electron chi connectivity index (χ0n) is 7.90. The Hall–Kier alpha value is -1.32. The van der Waals surface area contributed by atoms with Crippen molar-refractivity contribution in [2.75, 3.05) is 0 Å². The van der Waals surface area contributed by atoms with Gasteiger partial charge in [-0.25, -0.2) is 0 Å². The lowest BCUT2D eigenvalue weighted by atomic mass is 10.1. The number of hydrogen-bond acceptors (Lipinski definition) is 2. The number of aryl methyl sites for hydroxylation is 2. The number of hydrogen-bond donors (Lipinski definition) is 1. The summed E-state index contributed by atoms with van der Waals surface area (Å²) in [6.07, 6.45) is 3.24. The summed E-state index contributed by atoms with van der Waals surface area (Å²) in [5, 5.41) is 12.8. The maximum atomic E-state index is 10.5. The molecule has 1 aromatic heterocycles. The van der Waals surface area contributed by atoms with E-state index in [1.54, 1.807) is 11.6 Å². The molecule has 0 saturated heterocycles. The van der Waals surface area contributed by atoms with E-state index >= 15 is 0 Å². The number of aromatic nitrogens is 2. The van der Waals surface area contributed by atoms with Gasteiger partial charge in [-0.1, -0.05) is 6.92 Å². The summed E-state index contributed by atoms with van der Waals surface area (Å²) in [4.78, 5) is 10.5. The molecule has 0 spiro atoms. The van der Waals surface area contributed by atoms with E-state index in [0.717, 1.165) is 12.1 Å². The van der Waals surface area contributed by atoms with Gasteiger partial charge in [-0.2, -0.15) is 5.10 Å². The SMILES string of the molecule is CC(CCc1ccn(C)n1)C(=O)O. The van der Waals surface area contributed by atoms with E-state index in [2.05, 4.69) is 5.10 Å². The Kier molecular flexibility index (Phi) is 3.06. The van der Waals surface area contributed by atoms with E-state index in [1.165, 1.54) is 0 Å². The maximum Gasteiger partial charge on any atom is 0.306 e. The van der Waals surface area contributed by atoms with Gasteiger partial charge in [-0.05, 0) is 18.9 Å². The monoisotopic (exact) mass is 182 g/mol. The molecule has 0 fully saturated rings. The number of carboxylic acids is 1. The molecule has 4 nitrogen and oxygen atoms in total. The first-order valence-corrected chi connectivity index (χ1v) is 4.31. The van der Waals surface area contributed by atoms with Crippen LogP contribution < -0.4 is 0 Å². The Morgan fingerprint density at radius 1 is 1.77 bits per heavy atom. The van der Waals surface area contributed by atoms with Gasteiger partial charge in [0.2, 0.25) is 0 Å². The molecule has 4 heteroatoms. The van der Waals surface area contributed by atoms with Crippen molar-refractivity contribution in [2.45, 2.75) is 19.8 Å². The van der Waals surface area contributed by atoms with Crippen molar-refractivity contribution in [3.8, 4) is 0 Å². The minimum Gasteiger partial charge on any atom is -0.481 e. The molecule has 0 aliphatic carbocycles.